The largest absolute Gasteiger partial charge is 0.392 e. The van der Waals surface area contributed by atoms with Gasteiger partial charge < -0.3 is 29.0 Å². The van der Waals surface area contributed by atoms with Crippen molar-refractivity contribution in [1.82, 2.24) is 0 Å². The van der Waals surface area contributed by atoms with Crippen LogP contribution in [0.15, 0.2) is 121 Å². The fourth-order valence-electron chi connectivity index (χ4n) is 14.6. The molecule has 6 heteroatoms. The Morgan fingerprint density at radius 1 is 0.680 bits per heavy atom. The van der Waals surface area contributed by atoms with Crippen molar-refractivity contribution in [2.45, 2.75) is 60.7 Å². The van der Waals surface area contributed by atoms with Gasteiger partial charge in [-0.3, -0.25) is 0 Å². The van der Waals surface area contributed by atoms with Gasteiger partial charge in [0.1, 0.15) is 25.2 Å². The molecule has 256 valence electrons. The number of fused-ring (bicyclic) bond motifs is 8. The highest BCUT2D eigenvalue weighted by atomic mass is 16.3. The van der Waals surface area contributed by atoms with E-state index < -0.39 is 0 Å². The van der Waals surface area contributed by atoms with E-state index in [0.717, 1.165) is 73.9 Å². The highest BCUT2D eigenvalue weighted by Gasteiger charge is 2.75. The Balaban J connectivity index is 1.22. The second-order valence-electron chi connectivity index (χ2n) is 17.2. The maximum atomic E-state index is 10.5. The molecule has 2 spiro atoms. The van der Waals surface area contributed by atoms with Gasteiger partial charge in [-0.25, -0.2) is 0 Å². The third kappa shape index (κ3) is 3.24. The molecule has 2 aromatic rings. The molecule has 0 aromatic heterocycles. The molecule has 2 N–H and O–H groups in total. The molecule has 10 atom stereocenters. The molecule has 9 aliphatic rings. The summed E-state index contributed by atoms with van der Waals surface area (Å²) in [4.78, 5) is 5.54. The van der Waals surface area contributed by atoms with Crippen LogP contribution in [0.1, 0.15) is 36.8 Å². The molecule has 7 heterocycles. The summed E-state index contributed by atoms with van der Waals surface area (Å²) in [7, 11) is 0. The predicted molar refractivity (Wildman–Crippen MR) is 198 cm³/mol. The minimum atomic E-state index is 0.0183. The molecule has 2 saturated carbocycles. The maximum absolute atomic E-state index is 10.5. The van der Waals surface area contributed by atoms with Crippen LogP contribution in [-0.4, -0.2) is 95.8 Å². The van der Waals surface area contributed by atoms with Crippen LogP contribution < -0.4 is 9.80 Å². The predicted octanol–water partition coefficient (Wildman–Crippen LogP) is 5.48. The van der Waals surface area contributed by atoms with Crippen LogP contribution in [0.3, 0.4) is 0 Å². The molecule has 2 unspecified atom stereocenters. The average molecular weight is 667 g/mol. The minimum absolute atomic E-state index is 0.0183. The molecule has 2 aliphatic carbocycles. The van der Waals surface area contributed by atoms with E-state index in [2.05, 4.69) is 108 Å². The zero-order valence-corrected chi connectivity index (χ0v) is 29.1. The summed E-state index contributed by atoms with van der Waals surface area (Å²) in [6, 6.07) is 20.3. The van der Waals surface area contributed by atoms with Gasteiger partial charge in [0.05, 0.1) is 62.3 Å². The number of piperidine rings is 2. The highest BCUT2D eigenvalue weighted by Crippen LogP contribution is 2.69. The SMILES string of the molecule is C=CC[N+]12CC[C@@]34c5ccccc5N5C=C6[C@H]7C[C@H]8[C@@]9(CC[N+]8(CC=C)C/C7=C/CO)c7ccccc7N(C=C([C@@H](C[C@@H]31)/C(=C\CO)C2)[C@H]54)[C@@H]69. The second kappa shape index (κ2) is 10.0. The van der Waals surface area contributed by atoms with Gasteiger partial charge in [-0.15, -0.1) is 0 Å². The van der Waals surface area contributed by atoms with Crippen LogP contribution in [0, 0.1) is 11.8 Å². The van der Waals surface area contributed by atoms with E-state index in [-0.39, 0.29) is 36.1 Å². The Bertz CT molecular complexity index is 1850. The Morgan fingerprint density at radius 3 is 1.54 bits per heavy atom. The van der Waals surface area contributed by atoms with Gasteiger partial charge in [0.25, 0.3) is 0 Å². The number of aliphatic hydroxyl groups is 2. The van der Waals surface area contributed by atoms with Gasteiger partial charge in [-0.05, 0) is 57.7 Å². The van der Waals surface area contributed by atoms with Crippen molar-refractivity contribution in [3.63, 3.8) is 0 Å². The summed E-state index contributed by atoms with van der Waals surface area (Å²) in [6.45, 7) is 15.0. The normalized spacial score (nSPS) is 43.4. The Labute approximate surface area is 296 Å². The van der Waals surface area contributed by atoms with E-state index in [1.165, 1.54) is 33.6 Å². The maximum Gasteiger partial charge on any atom is 0.103 e. The number of benzene rings is 2. The zero-order valence-electron chi connectivity index (χ0n) is 29.1. The number of nitrogens with zero attached hydrogens (tertiary/aromatic N) is 4. The number of hydrogen-bond donors (Lipinski definition) is 2. The lowest BCUT2D eigenvalue weighted by Gasteiger charge is -2.59. The zero-order chi connectivity index (χ0) is 33.6. The van der Waals surface area contributed by atoms with Crippen molar-refractivity contribution >= 4 is 11.4 Å². The smallest absolute Gasteiger partial charge is 0.103 e. The molecule has 4 bridgehead atoms. The van der Waals surface area contributed by atoms with Crippen molar-refractivity contribution in [1.29, 1.82) is 0 Å². The first kappa shape index (κ1) is 30.0. The number of para-hydroxylation sites is 2. The summed E-state index contributed by atoms with van der Waals surface area (Å²) < 4.78 is 2.12. The summed E-state index contributed by atoms with van der Waals surface area (Å²) >= 11 is 0. The van der Waals surface area contributed by atoms with Crippen molar-refractivity contribution in [3.05, 3.63) is 132 Å². The van der Waals surface area contributed by atoms with Crippen LogP contribution in [0.25, 0.3) is 0 Å². The van der Waals surface area contributed by atoms with Crippen LogP contribution >= 0.6 is 0 Å². The van der Waals surface area contributed by atoms with Gasteiger partial charge in [0, 0.05) is 61.3 Å². The monoisotopic (exact) mass is 666 g/mol. The van der Waals surface area contributed by atoms with Crippen LogP contribution in [0.4, 0.5) is 11.4 Å². The average Bonchev–Trinajstić information content (AvgIpc) is 3.81. The van der Waals surface area contributed by atoms with E-state index in [0.29, 0.717) is 23.9 Å². The van der Waals surface area contributed by atoms with Gasteiger partial charge in [0.15, 0.2) is 0 Å². The fourth-order valence-corrected chi connectivity index (χ4v) is 14.6. The summed E-state index contributed by atoms with van der Waals surface area (Å²) in [6.07, 6.45) is 18.6. The fraction of sp³-hybridized carbons (Fsp3) is 0.455. The van der Waals surface area contributed by atoms with E-state index in [9.17, 15) is 10.2 Å². The van der Waals surface area contributed by atoms with Gasteiger partial charge in [-0.2, -0.15) is 0 Å². The lowest BCUT2D eigenvalue weighted by atomic mass is 9.56. The first-order valence-electron chi connectivity index (χ1n) is 19.2. The van der Waals surface area contributed by atoms with Crippen LogP contribution in [0.2, 0.25) is 0 Å². The summed E-state index contributed by atoms with van der Waals surface area (Å²) in [5, 5.41) is 20.9. The molecule has 0 radical (unpaired) electrons. The second-order valence-corrected chi connectivity index (χ2v) is 17.2. The minimum Gasteiger partial charge on any atom is -0.392 e. The van der Waals surface area contributed by atoms with Gasteiger partial charge >= 0.3 is 0 Å². The lowest BCUT2D eigenvalue weighted by Crippen LogP contribution is -2.69. The van der Waals surface area contributed by atoms with E-state index in [1.807, 2.05) is 0 Å². The molecule has 6 fully saturated rings. The molecular formula is C44H50N4O2+2. The molecule has 2 aromatic carbocycles. The number of aliphatic hydroxyl groups excluding tert-OH is 2. The molecule has 7 aliphatic heterocycles. The van der Waals surface area contributed by atoms with Crippen LogP contribution in [-0.2, 0) is 10.8 Å². The van der Waals surface area contributed by atoms with Crippen molar-refractivity contribution < 1.29 is 19.2 Å². The number of quaternary nitrogens is 2. The third-order valence-corrected chi connectivity index (χ3v) is 15.9. The Hall–Kier alpha value is -3.68. The topological polar surface area (TPSA) is 46.9 Å². The standard InChI is InChI=1S/C44H50N4O2/c1-3-17-47-19-15-43-35-9-5-7-11-37(35)45-26-34-32-24-40-44(16-20-48(40,18-4-2)28-30(32)14-22-50)36-10-6-8-12-38(36)46(42(34)44)25-33(41(43)45)31(23-39(43)47)29(27-47)13-21-49/h3-14,25-26,31-32,39-42,49-50H,1-2,15-24,27-28H2/q+2/b29-13-,30-14-,33-25?,34-26?/t31-,32-,39-,40-,41-,42-,43+,44+,47?,48?/m0/s1. The first-order chi connectivity index (χ1) is 24.5. The van der Waals surface area contributed by atoms with Gasteiger partial charge in [-0.1, -0.05) is 61.7 Å². The number of anilines is 2. The Kier molecular flexibility index (Phi) is 6.00. The van der Waals surface area contributed by atoms with E-state index in [4.69, 9.17) is 0 Å². The van der Waals surface area contributed by atoms with E-state index >= 15 is 0 Å². The number of hydrogen-bond acceptors (Lipinski definition) is 4. The van der Waals surface area contributed by atoms with Gasteiger partial charge in [0.2, 0.25) is 0 Å². The molecule has 50 heavy (non-hydrogen) atoms. The van der Waals surface area contributed by atoms with E-state index in [1.54, 1.807) is 11.1 Å². The summed E-state index contributed by atoms with van der Waals surface area (Å²) in [5.74, 6) is 0.615. The van der Waals surface area contributed by atoms with Crippen molar-refractivity contribution in [3.8, 4) is 0 Å². The Morgan fingerprint density at radius 2 is 1.12 bits per heavy atom. The first-order valence-corrected chi connectivity index (χ1v) is 19.2. The number of rotatable bonds is 6. The molecule has 0 amide bonds. The van der Waals surface area contributed by atoms with Crippen molar-refractivity contribution in [2.24, 2.45) is 11.8 Å². The lowest BCUT2D eigenvalue weighted by molar-refractivity contribution is -0.937. The molecule has 4 saturated heterocycles. The molecular weight excluding hydrogens is 617 g/mol. The molecule has 11 rings (SSSR count). The molecule has 6 nitrogen and oxygen atoms in total. The summed E-state index contributed by atoms with van der Waals surface area (Å²) in [5.41, 5.74) is 11.8. The third-order valence-electron chi connectivity index (χ3n) is 15.9. The van der Waals surface area contributed by atoms with Crippen LogP contribution in [0.5, 0.6) is 0 Å². The quantitative estimate of drug-likeness (QED) is 0.317. The van der Waals surface area contributed by atoms with Crippen molar-refractivity contribution in [2.75, 3.05) is 62.3 Å². The highest BCUT2D eigenvalue weighted by molar-refractivity contribution is 5.77.